The van der Waals surface area contributed by atoms with Crippen molar-refractivity contribution < 1.29 is 14.2 Å². The molecule has 0 unspecified atom stereocenters. The number of rotatable bonds is 2. The largest absolute Gasteiger partial charge is 0.496 e. The molecule has 2 nitrogen and oxygen atoms in total. The van der Waals surface area contributed by atoms with E-state index in [4.69, 9.17) is 4.74 Å². The highest BCUT2D eigenvalue weighted by Gasteiger charge is 2.35. The van der Waals surface area contributed by atoms with Gasteiger partial charge in [0.2, 0.25) is 0 Å². The average Bonchev–Trinajstić information content (AvgIpc) is 2.69. The molecule has 0 heterocycles. The molecular weight excluding hydrogens is 207 g/mol. The second-order valence-corrected chi connectivity index (χ2v) is 4.54. The Kier molecular flexibility index (Phi) is 2.89. The Morgan fingerprint density at radius 2 is 1.94 bits per heavy atom. The number of halogens is 1. The molecule has 3 heteroatoms. The fourth-order valence-electron chi connectivity index (χ4n) is 2.43. The monoisotopic (exact) mass is 224 g/mol. The first kappa shape index (κ1) is 11.4. The van der Waals surface area contributed by atoms with Crippen molar-refractivity contribution in [2.75, 3.05) is 7.11 Å². The molecule has 0 aromatic heterocycles. The topological polar surface area (TPSA) is 29.5 Å². The second kappa shape index (κ2) is 4.06. The minimum atomic E-state index is -0.830. The summed E-state index contributed by atoms with van der Waals surface area (Å²) >= 11 is 0. The van der Waals surface area contributed by atoms with Crippen LogP contribution in [0.1, 0.15) is 36.8 Å². The van der Waals surface area contributed by atoms with Crippen LogP contribution in [0.5, 0.6) is 5.75 Å². The predicted molar refractivity (Wildman–Crippen MR) is 60.1 cm³/mol. The van der Waals surface area contributed by atoms with Gasteiger partial charge in [0.25, 0.3) is 0 Å². The van der Waals surface area contributed by atoms with E-state index in [0.29, 0.717) is 11.3 Å². The van der Waals surface area contributed by atoms with E-state index in [9.17, 15) is 9.50 Å². The number of hydrogen-bond acceptors (Lipinski definition) is 2. The molecule has 0 amide bonds. The first-order chi connectivity index (χ1) is 7.57. The van der Waals surface area contributed by atoms with Gasteiger partial charge in [-0.3, -0.25) is 0 Å². The van der Waals surface area contributed by atoms with E-state index in [1.165, 1.54) is 13.2 Å². The van der Waals surface area contributed by atoms with Crippen LogP contribution in [0.2, 0.25) is 0 Å². The third kappa shape index (κ3) is 1.80. The summed E-state index contributed by atoms with van der Waals surface area (Å²) in [6.07, 6.45) is 3.48. The molecule has 1 aliphatic rings. The first-order valence-electron chi connectivity index (χ1n) is 5.64. The van der Waals surface area contributed by atoms with Crippen LogP contribution in [0.3, 0.4) is 0 Å². The minimum absolute atomic E-state index is 0.290. The van der Waals surface area contributed by atoms with Crippen LogP contribution in [-0.2, 0) is 5.60 Å². The van der Waals surface area contributed by atoms with Crippen molar-refractivity contribution in [1.82, 2.24) is 0 Å². The lowest BCUT2D eigenvalue weighted by atomic mass is 9.90. The molecule has 2 rings (SSSR count). The van der Waals surface area contributed by atoms with E-state index in [-0.39, 0.29) is 5.82 Å². The van der Waals surface area contributed by atoms with Crippen LogP contribution < -0.4 is 4.74 Å². The number of hydrogen-bond donors (Lipinski definition) is 1. The number of aliphatic hydroxyl groups is 1. The molecule has 0 atom stereocenters. The van der Waals surface area contributed by atoms with Crippen LogP contribution >= 0.6 is 0 Å². The molecular formula is C13H17FO2. The number of ether oxygens (including phenoxy) is 1. The SMILES string of the molecule is COc1cc(F)c(C)cc1C1(O)CCCC1. The lowest BCUT2D eigenvalue weighted by Gasteiger charge is -2.25. The summed E-state index contributed by atoms with van der Waals surface area (Å²) < 4.78 is 18.6. The van der Waals surface area contributed by atoms with Gasteiger partial charge in [-0.05, 0) is 31.4 Å². The standard InChI is InChI=1S/C13H17FO2/c1-9-7-10(12(16-2)8-11(9)14)13(15)5-3-4-6-13/h7-8,15H,3-6H2,1-2H3. The molecule has 0 radical (unpaired) electrons. The molecule has 0 aliphatic heterocycles. The maximum Gasteiger partial charge on any atom is 0.129 e. The van der Waals surface area contributed by atoms with Gasteiger partial charge in [-0.25, -0.2) is 4.39 Å². The summed E-state index contributed by atoms with van der Waals surface area (Å²) in [6, 6.07) is 3.07. The normalized spacial score (nSPS) is 18.8. The van der Waals surface area contributed by atoms with E-state index < -0.39 is 5.60 Å². The molecule has 0 bridgehead atoms. The highest BCUT2D eigenvalue weighted by molar-refractivity contribution is 5.42. The zero-order valence-corrected chi connectivity index (χ0v) is 9.72. The number of benzene rings is 1. The fraction of sp³-hybridized carbons (Fsp3) is 0.538. The first-order valence-corrected chi connectivity index (χ1v) is 5.64. The summed E-state index contributed by atoms with van der Waals surface area (Å²) in [5.74, 6) is 0.162. The van der Waals surface area contributed by atoms with Crippen molar-refractivity contribution in [3.63, 3.8) is 0 Å². The van der Waals surface area contributed by atoms with Crippen molar-refractivity contribution in [1.29, 1.82) is 0 Å². The van der Waals surface area contributed by atoms with Crippen LogP contribution in [0, 0.1) is 12.7 Å². The molecule has 16 heavy (non-hydrogen) atoms. The van der Waals surface area contributed by atoms with Gasteiger partial charge in [0.1, 0.15) is 11.6 Å². The van der Waals surface area contributed by atoms with Crippen molar-refractivity contribution in [2.45, 2.75) is 38.2 Å². The Morgan fingerprint density at radius 1 is 1.31 bits per heavy atom. The van der Waals surface area contributed by atoms with Gasteiger partial charge in [0.15, 0.2) is 0 Å². The van der Waals surface area contributed by atoms with E-state index in [0.717, 1.165) is 31.2 Å². The lowest BCUT2D eigenvalue weighted by molar-refractivity contribution is 0.0418. The van der Waals surface area contributed by atoms with Gasteiger partial charge in [-0.2, -0.15) is 0 Å². The lowest BCUT2D eigenvalue weighted by Crippen LogP contribution is -2.22. The van der Waals surface area contributed by atoms with E-state index in [1.807, 2.05) is 0 Å². The number of methoxy groups -OCH3 is 1. The summed E-state index contributed by atoms with van der Waals surface area (Å²) in [5.41, 5.74) is 0.451. The molecule has 1 aromatic carbocycles. The third-order valence-electron chi connectivity index (χ3n) is 3.41. The zero-order chi connectivity index (χ0) is 11.8. The highest BCUT2D eigenvalue weighted by atomic mass is 19.1. The Bertz CT molecular complexity index is 395. The maximum atomic E-state index is 13.4. The van der Waals surface area contributed by atoms with Crippen LogP contribution in [0.4, 0.5) is 4.39 Å². The summed E-state index contributed by atoms with van der Waals surface area (Å²) in [4.78, 5) is 0. The summed E-state index contributed by atoms with van der Waals surface area (Å²) in [5, 5.41) is 10.5. The predicted octanol–water partition coefficient (Wildman–Crippen LogP) is 2.90. The Hall–Kier alpha value is -1.09. The quantitative estimate of drug-likeness (QED) is 0.837. The molecule has 0 saturated heterocycles. The van der Waals surface area contributed by atoms with Gasteiger partial charge < -0.3 is 9.84 Å². The third-order valence-corrected chi connectivity index (χ3v) is 3.41. The van der Waals surface area contributed by atoms with Crippen molar-refractivity contribution in [3.8, 4) is 5.75 Å². The summed E-state index contributed by atoms with van der Waals surface area (Å²) in [6.45, 7) is 1.70. The van der Waals surface area contributed by atoms with Gasteiger partial charge >= 0.3 is 0 Å². The molecule has 1 aromatic rings. The molecule has 1 fully saturated rings. The smallest absolute Gasteiger partial charge is 0.129 e. The molecule has 1 saturated carbocycles. The van der Waals surface area contributed by atoms with E-state index >= 15 is 0 Å². The maximum absolute atomic E-state index is 13.4. The zero-order valence-electron chi connectivity index (χ0n) is 9.72. The van der Waals surface area contributed by atoms with Crippen molar-refractivity contribution in [2.24, 2.45) is 0 Å². The van der Waals surface area contributed by atoms with Crippen molar-refractivity contribution >= 4 is 0 Å². The highest BCUT2D eigenvalue weighted by Crippen LogP contribution is 2.43. The van der Waals surface area contributed by atoms with Gasteiger partial charge in [0.05, 0.1) is 12.7 Å². The number of aryl methyl sites for hydroxylation is 1. The van der Waals surface area contributed by atoms with Crippen LogP contribution in [0.25, 0.3) is 0 Å². The minimum Gasteiger partial charge on any atom is -0.496 e. The Morgan fingerprint density at radius 3 is 2.50 bits per heavy atom. The van der Waals surface area contributed by atoms with Crippen molar-refractivity contribution in [3.05, 3.63) is 29.1 Å². The van der Waals surface area contributed by atoms with Gasteiger partial charge in [-0.15, -0.1) is 0 Å². The molecule has 0 spiro atoms. The summed E-state index contributed by atoms with van der Waals surface area (Å²) in [7, 11) is 1.51. The Labute approximate surface area is 95.1 Å². The van der Waals surface area contributed by atoms with E-state index in [2.05, 4.69) is 0 Å². The molecule has 1 N–H and O–H groups in total. The van der Waals surface area contributed by atoms with Gasteiger partial charge in [0, 0.05) is 11.6 Å². The van der Waals surface area contributed by atoms with Crippen LogP contribution in [-0.4, -0.2) is 12.2 Å². The van der Waals surface area contributed by atoms with Crippen LogP contribution in [0.15, 0.2) is 12.1 Å². The Balaban J connectivity index is 2.50. The molecule has 88 valence electrons. The average molecular weight is 224 g/mol. The fourth-order valence-corrected chi connectivity index (χ4v) is 2.43. The van der Waals surface area contributed by atoms with Gasteiger partial charge in [-0.1, -0.05) is 12.8 Å². The van der Waals surface area contributed by atoms with E-state index in [1.54, 1.807) is 13.0 Å². The second-order valence-electron chi connectivity index (χ2n) is 4.54. The molecule has 1 aliphatic carbocycles.